The lowest BCUT2D eigenvalue weighted by Gasteiger charge is -2.33. The number of nitrogens with zero attached hydrogens (tertiary/aromatic N) is 1. The van der Waals surface area contributed by atoms with Crippen molar-refractivity contribution in [3.63, 3.8) is 0 Å². The van der Waals surface area contributed by atoms with Crippen molar-refractivity contribution >= 4 is 10.2 Å². The van der Waals surface area contributed by atoms with E-state index in [0.29, 0.717) is 19.4 Å². The molecule has 102 valence electrons. The molecule has 0 saturated carbocycles. The van der Waals surface area contributed by atoms with Gasteiger partial charge in [0.15, 0.2) is 0 Å². The molecule has 2 atom stereocenters. The van der Waals surface area contributed by atoms with Crippen LogP contribution in [0.15, 0.2) is 0 Å². The standard InChI is InChI=1S/C11H24N2O3S/c1-10(6-5-9-14)12-17(15,16)13-8-4-3-7-11(13)2/h10-12,14H,3-9H2,1-2H3. The van der Waals surface area contributed by atoms with Crippen molar-refractivity contribution in [2.45, 2.75) is 58.0 Å². The van der Waals surface area contributed by atoms with E-state index in [9.17, 15) is 8.42 Å². The molecule has 0 radical (unpaired) electrons. The van der Waals surface area contributed by atoms with Crippen molar-refractivity contribution in [1.82, 2.24) is 9.03 Å². The fourth-order valence-corrected chi connectivity index (χ4v) is 3.92. The van der Waals surface area contributed by atoms with Crippen LogP contribution in [0, 0.1) is 0 Å². The summed E-state index contributed by atoms with van der Waals surface area (Å²) in [5.41, 5.74) is 0. The summed E-state index contributed by atoms with van der Waals surface area (Å²) in [5.74, 6) is 0. The second-order valence-electron chi connectivity index (χ2n) is 4.85. The van der Waals surface area contributed by atoms with Gasteiger partial charge in [-0.3, -0.25) is 0 Å². The molecule has 0 aromatic heterocycles. The zero-order valence-corrected chi connectivity index (χ0v) is 11.5. The van der Waals surface area contributed by atoms with E-state index in [1.165, 1.54) is 0 Å². The van der Waals surface area contributed by atoms with Gasteiger partial charge in [-0.05, 0) is 39.5 Å². The van der Waals surface area contributed by atoms with Crippen molar-refractivity contribution in [1.29, 1.82) is 0 Å². The second-order valence-corrected chi connectivity index (χ2v) is 6.50. The molecule has 2 unspecified atom stereocenters. The van der Waals surface area contributed by atoms with Crippen LogP contribution in [0.5, 0.6) is 0 Å². The summed E-state index contributed by atoms with van der Waals surface area (Å²) in [4.78, 5) is 0. The lowest BCUT2D eigenvalue weighted by atomic mass is 10.1. The first-order chi connectivity index (χ1) is 7.97. The maximum atomic E-state index is 12.1. The van der Waals surface area contributed by atoms with Gasteiger partial charge in [0.25, 0.3) is 10.2 Å². The zero-order valence-electron chi connectivity index (χ0n) is 10.7. The first-order valence-electron chi connectivity index (χ1n) is 6.37. The normalized spacial score (nSPS) is 24.8. The molecule has 0 aromatic carbocycles. The van der Waals surface area contributed by atoms with Gasteiger partial charge >= 0.3 is 0 Å². The first kappa shape index (κ1) is 14.9. The zero-order chi connectivity index (χ0) is 12.9. The highest BCUT2D eigenvalue weighted by Gasteiger charge is 2.30. The Bertz CT molecular complexity index is 319. The van der Waals surface area contributed by atoms with Crippen LogP contribution >= 0.6 is 0 Å². The highest BCUT2D eigenvalue weighted by molar-refractivity contribution is 7.87. The third-order valence-corrected chi connectivity index (χ3v) is 5.06. The van der Waals surface area contributed by atoms with Gasteiger partial charge in [-0.1, -0.05) is 6.42 Å². The van der Waals surface area contributed by atoms with Gasteiger partial charge in [-0.2, -0.15) is 17.4 Å². The largest absolute Gasteiger partial charge is 0.396 e. The van der Waals surface area contributed by atoms with Crippen LogP contribution in [0.25, 0.3) is 0 Å². The lowest BCUT2D eigenvalue weighted by molar-refractivity contribution is 0.260. The van der Waals surface area contributed by atoms with Gasteiger partial charge in [0, 0.05) is 25.2 Å². The Hall–Kier alpha value is -0.170. The van der Waals surface area contributed by atoms with E-state index in [-0.39, 0.29) is 18.7 Å². The lowest BCUT2D eigenvalue weighted by Crippen LogP contribution is -2.50. The van der Waals surface area contributed by atoms with Crippen LogP contribution in [0.3, 0.4) is 0 Å². The Morgan fingerprint density at radius 2 is 2.18 bits per heavy atom. The molecular weight excluding hydrogens is 240 g/mol. The number of hydrogen-bond donors (Lipinski definition) is 2. The van der Waals surface area contributed by atoms with E-state index in [2.05, 4.69) is 4.72 Å². The Balaban J connectivity index is 2.54. The number of piperidine rings is 1. The maximum absolute atomic E-state index is 12.1. The number of aliphatic hydroxyl groups is 1. The van der Waals surface area contributed by atoms with Gasteiger partial charge in [0.1, 0.15) is 0 Å². The topological polar surface area (TPSA) is 69.6 Å². The Morgan fingerprint density at radius 3 is 2.76 bits per heavy atom. The van der Waals surface area contributed by atoms with Crippen LogP contribution in [0.4, 0.5) is 0 Å². The third kappa shape index (κ3) is 4.54. The van der Waals surface area contributed by atoms with Gasteiger partial charge in [-0.25, -0.2) is 0 Å². The van der Waals surface area contributed by atoms with E-state index in [1.54, 1.807) is 4.31 Å². The minimum atomic E-state index is -3.36. The molecule has 0 aromatic rings. The monoisotopic (exact) mass is 264 g/mol. The summed E-state index contributed by atoms with van der Waals surface area (Å²) >= 11 is 0. The predicted molar refractivity (Wildman–Crippen MR) is 67.9 cm³/mol. The summed E-state index contributed by atoms with van der Waals surface area (Å²) in [6, 6.07) is -0.0347. The van der Waals surface area contributed by atoms with E-state index in [4.69, 9.17) is 5.11 Å². The molecule has 1 aliphatic rings. The predicted octanol–water partition coefficient (Wildman–Crippen LogP) is 0.856. The average Bonchev–Trinajstić information content (AvgIpc) is 2.26. The molecule has 0 aliphatic carbocycles. The summed E-state index contributed by atoms with van der Waals surface area (Å²) in [5, 5.41) is 8.72. The second kappa shape index (κ2) is 6.68. The number of hydrogen-bond acceptors (Lipinski definition) is 3. The molecule has 0 spiro atoms. The molecule has 0 bridgehead atoms. The van der Waals surface area contributed by atoms with Gasteiger partial charge in [0.05, 0.1) is 0 Å². The van der Waals surface area contributed by atoms with Crippen LogP contribution in [0.1, 0.15) is 46.0 Å². The van der Waals surface area contributed by atoms with E-state index in [1.807, 2.05) is 13.8 Å². The van der Waals surface area contributed by atoms with Gasteiger partial charge in [-0.15, -0.1) is 0 Å². The average molecular weight is 264 g/mol. The number of rotatable bonds is 6. The van der Waals surface area contributed by atoms with Crippen LogP contribution in [-0.4, -0.2) is 43.1 Å². The Morgan fingerprint density at radius 1 is 1.47 bits per heavy atom. The fourth-order valence-electron chi connectivity index (χ4n) is 2.21. The molecule has 1 saturated heterocycles. The minimum Gasteiger partial charge on any atom is -0.396 e. The van der Waals surface area contributed by atoms with Crippen LogP contribution < -0.4 is 4.72 Å². The fraction of sp³-hybridized carbons (Fsp3) is 1.00. The Kier molecular flexibility index (Phi) is 5.85. The highest BCUT2D eigenvalue weighted by atomic mass is 32.2. The quantitative estimate of drug-likeness (QED) is 0.747. The smallest absolute Gasteiger partial charge is 0.279 e. The summed E-state index contributed by atoms with van der Waals surface area (Å²) in [7, 11) is -3.36. The maximum Gasteiger partial charge on any atom is 0.279 e. The molecule has 1 heterocycles. The molecule has 5 nitrogen and oxygen atoms in total. The molecule has 17 heavy (non-hydrogen) atoms. The van der Waals surface area contributed by atoms with Gasteiger partial charge in [0.2, 0.25) is 0 Å². The first-order valence-corrected chi connectivity index (χ1v) is 7.81. The molecule has 6 heteroatoms. The van der Waals surface area contributed by atoms with Crippen molar-refractivity contribution < 1.29 is 13.5 Å². The summed E-state index contributed by atoms with van der Waals surface area (Å²) in [6.45, 7) is 4.51. The van der Waals surface area contributed by atoms with Crippen molar-refractivity contribution in [3.05, 3.63) is 0 Å². The summed E-state index contributed by atoms with van der Waals surface area (Å²) < 4.78 is 28.5. The number of nitrogens with one attached hydrogen (secondary N) is 1. The van der Waals surface area contributed by atoms with E-state index < -0.39 is 10.2 Å². The van der Waals surface area contributed by atoms with E-state index in [0.717, 1.165) is 19.3 Å². The van der Waals surface area contributed by atoms with Gasteiger partial charge < -0.3 is 5.11 Å². The molecule has 0 amide bonds. The summed E-state index contributed by atoms with van der Waals surface area (Å²) in [6.07, 6.45) is 4.27. The minimum absolute atomic E-state index is 0.0892. The van der Waals surface area contributed by atoms with Crippen molar-refractivity contribution in [2.24, 2.45) is 0 Å². The molecule has 1 rings (SSSR count). The van der Waals surface area contributed by atoms with Crippen LogP contribution in [-0.2, 0) is 10.2 Å². The Labute approximate surface area is 104 Å². The molecule has 2 N–H and O–H groups in total. The van der Waals surface area contributed by atoms with Crippen LogP contribution in [0.2, 0.25) is 0 Å². The van der Waals surface area contributed by atoms with Crippen molar-refractivity contribution in [2.75, 3.05) is 13.2 Å². The van der Waals surface area contributed by atoms with Crippen molar-refractivity contribution in [3.8, 4) is 0 Å². The number of aliphatic hydroxyl groups excluding tert-OH is 1. The SMILES string of the molecule is CC(CCCO)NS(=O)(=O)N1CCCCC1C. The molecule has 1 aliphatic heterocycles. The third-order valence-electron chi connectivity index (χ3n) is 3.20. The molecule has 1 fully saturated rings. The van der Waals surface area contributed by atoms with E-state index >= 15 is 0 Å². The highest BCUT2D eigenvalue weighted by Crippen LogP contribution is 2.19. The molecular formula is C11H24N2O3S.